The number of benzene rings is 7. The van der Waals surface area contributed by atoms with Crippen LogP contribution in [0, 0.1) is 0 Å². The zero-order chi connectivity index (χ0) is 31.6. The van der Waals surface area contributed by atoms with E-state index in [2.05, 4.69) is 163 Å². The molecule has 5 heteroatoms. The Balaban J connectivity index is 1.06. The van der Waals surface area contributed by atoms with Gasteiger partial charge in [-0.1, -0.05) is 91.0 Å². The Labute approximate surface area is 289 Å². The maximum absolute atomic E-state index is 5.02. The van der Waals surface area contributed by atoms with Crippen molar-refractivity contribution in [1.82, 2.24) is 4.98 Å². The van der Waals surface area contributed by atoms with E-state index in [-0.39, 0.29) is 0 Å². The molecule has 0 radical (unpaired) electrons. The Morgan fingerprint density at radius 2 is 1.04 bits per heavy atom. The van der Waals surface area contributed by atoms with Crippen LogP contribution in [0.1, 0.15) is 0 Å². The number of nitrogens with zero attached hydrogens (tertiary/aromatic N) is 2. The molecule has 0 saturated heterocycles. The van der Waals surface area contributed by atoms with E-state index in [9.17, 15) is 0 Å². The summed E-state index contributed by atoms with van der Waals surface area (Å²) >= 11 is 5.51. The fourth-order valence-electron chi connectivity index (χ4n) is 6.81. The molecular weight excluding hydrogens is 641 g/mol. The molecule has 48 heavy (non-hydrogen) atoms. The largest absolute Gasteiger partial charge is 0.310 e. The number of fused-ring (bicyclic) bond motifs is 8. The molecule has 0 unspecified atom stereocenters. The molecule has 0 aliphatic rings. The first-order valence-corrected chi connectivity index (χ1v) is 18.4. The summed E-state index contributed by atoms with van der Waals surface area (Å²) in [5.41, 5.74) is 8.08. The smallest absolute Gasteiger partial charge is 0.124 e. The van der Waals surface area contributed by atoms with Crippen molar-refractivity contribution >= 4 is 102 Å². The number of para-hydroxylation sites is 1. The molecule has 7 aromatic carbocycles. The van der Waals surface area contributed by atoms with Gasteiger partial charge in [0, 0.05) is 63.0 Å². The van der Waals surface area contributed by atoms with E-state index in [1.165, 1.54) is 61.7 Å². The van der Waals surface area contributed by atoms with E-state index in [1.807, 2.05) is 22.7 Å². The van der Waals surface area contributed by atoms with Crippen LogP contribution in [-0.2, 0) is 0 Å². The molecule has 0 fully saturated rings. The summed E-state index contributed by atoms with van der Waals surface area (Å²) in [6.45, 7) is 0. The first-order valence-electron chi connectivity index (χ1n) is 15.9. The van der Waals surface area contributed by atoms with Gasteiger partial charge in [-0.05, 0) is 77.9 Å². The second-order valence-corrected chi connectivity index (χ2v) is 15.1. The molecule has 3 heterocycles. The van der Waals surface area contributed by atoms with Gasteiger partial charge in [-0.15, -0.1) is 34.0 Å². The van der Waals surface area contributed by atoms with Crippen molar-refractivity contribution in [3.05, 3.63) is 158 Å². The molecular formula is C43H26N2S3. The number of anilines is 3. The molecule has 0 amide bonds. The SMILES string of the molecule is c1ccc(-c2nc3ccc4sc5ccc(-c6ccc(N(c7ccccc7)c7ccc8c(c7)sc7ccccc78)cc6)cc5c4c3s2)cc1. The highest BCUT2D eigenvalue weighted by Crippen LogP contribution is 2.44. The topological polar surface area (TPSA) is 16.1 Å². The van der Waals surface area contributed by atoms with Crippen LogP contribution >= 0.6 is 34.0 Å². The Kier molecular flexibility index (Phi) is 6.44. The summed E-state index contributed by atoms with van der Waals surface area (Å²) in [7, 11) is 0. The molecule has 0 bridgehead atoms. The second-order valence-electron chi connectivity index (χ2n) is 12.0. The summed E-state index contributed by atoms with van der Waals surface area (Å²) in [5.74, 6) is 0. The lowest BCUT2D eigenvalue weighted by atomic mass is 10.0. The minimum Gasteiger partial charge on any atom is -0.310 e. The Morgan fingerprint density at radius 3 is 1.90 bits per heavy atom. The first-order chi connectivity index (χ1) is 23.8. The predicted molar refractivity (Wildman–Crippen MR) is 211 cm³/mol. The molecule has 10 rings (SSSR count). The van der Waals surface area contributed by atoms with E-state index in [0.717, 1.165) is 27.6 Å². The van der Waals surface area contributed by atoms with Gasteiger partial charge in [0.25, 0.3) is 0 Å². The van der Waals surface area contributed by atoms with Crippen LogP contribution < -0.4 is 4.90 Å². The van der Waals surface area contributed by atoms with Gasteiger partial charge in [0.05, 0.1) is 10.2 Å². The Bertz CT molecular complexity index is 2770. The highest BCUT2D eigenvalue weighted by Gasteiger charge is 2.17. The Hall–Kier alpha value is -5.33. The number of thiazole rings is 1. The lowest BCUT2D eigenvalue weighted by Gasteiger charge is -2.25. The van der Waals surface area contributed by atoms with Crippen LogP contribution in [0.25, 0.3) is 72.3 Å². The summed E-state index contributed by atoms with van der Waals surface area (Å²) in [5, 5.41) is 6.32. The minimum atomic E-state index is 1.07. The number of thiophene rings is 2. The summed E-state index contributed by atoms with van der Waals surface area (Å²) in [6, 6.07) is 57.0. The maximum atomic E-state index is 5.02. The molecule has 0 aliphatic heterocycles. The van der Waals surface area contributed by atoms with Crippen LogP contribution in [0.2, 0.25) is 0 Å². The lowest BCUT2D eigenvalue weighted by molar-refractivity contribution is 1.29. The number of hydrogen-bond donors (Lipinski definition) is 0. The standard InChI is InChI=1S/C43H26N2S3/c1-3-9-28(10-4-1)43-44-36-22-24-39-41(42(36)48-43)35-25-29(17-23-38(35)46-39)27-15-18-31(19-16-27)45(30-11-5-2-6-12-30)32-20-21-34-33-13-7-8-14-37(33)47-40(34)26-32/h1-26H. The van der Waals surface area contributed by atoms with Gasteiger partial charge in [-0.2, -0.15) is 0 Å². The second kappa shape index (κ2) is 11.1. The fourth-order valence-corrected chi connectivity index (χ4v) is 10.2. The van der Waals surface area contributed by atoms with Crippen molar-refractivity contribution in [2.24, 2.45) is 0 Å². The van der Waals surface area contributed by atoms with Crippen LogP contribution in [0.3, 0.4) is 0 Å². The molecule has 3 aromatic heterocycles. The van der Waals surface area contributed by atoms with E-state index in [1.54, 1.807) is 11.3 Å². The molecule has 10 aromatic rings. The molecule has 0 spiro atoms. The molecule has 0 N–H and O–H groups in total. The van der Waals surface area contributed by atoms with E-state index in [0.29, 0.717) is 0 Å². The van der Waals surface area contributed by atoms with Crippen molar-refractivity contribution in [1.29, 1.82) is 0 Å². The lowest BCUT2D eigenvalue weighted by Crippen LogP contribution is -2.09. The fraction of sp³-hybridized carbons (Fsp3) is 0. The van der Waals surface area contributed by atoms with Crippen molar-refractivity contribution < 1.29 is 0 Å². The van der Waals surface area contributed by atoms with E-state index >= 15 is 0 Å². The third-order valence-electron chi connectivity index (χ3n) is 9.10. The number of rotatable bonds is 5. The average molecular weight is 667 g/mol. The maximum Gasteiger partial charge on any atom is 0.124 e. The van der Waals surface area contributed by atoms with E-state index < -0.39 is 0 Å². The van der Waals surface area contributed by atoms with Crippen LogP contribution in [0.4, 0.5) is 17.1 Å². The predicted octanol–water partition coefficient (Wildman–Crippen LogP) is 13.8. The quantitative estimate of drug-likeness (QED) is 0.182. The van der Waals surface area contributed by atoms with Crippen molar-refractivity contribution in [2.75, 3.05) is 4.90 Å². The molecule has 2 nitrogen and oxygen atoms in total. The van der Waals surface area contributed by atoms with Gasteiger partial charge in [0.2, 0.25) is 0 Å². The van der Waals surface area contributed by atoms with Gasteiger partial charge in [-0.25, -0.2) is 4.98 Å². The minimum absolute atomic E-state index is 1.07. The molecule has 0 saturated carbocycles. The third kappa shape index (κ3) is 4.54. The highest BCUT2D eigenvalue weighted by atomic mass is 32.1. The molecule has 0 aliphatic carbocycles. The highest BCUT2D eigenvalue weighted by molar-refractivity contribution is 7.28. The van der Waals surface area contributed by atoms with Crippen LogP contribution in [-0.4, -0.2) is 4.98 Å². The zero-order valence-corrected chi connectivity index (χ0v) is 28.1. The van der Waals surface area contributed by atoms with Gasteiger partial charge in [-0.3, -0.25) is 0 Å². The van der Waals surface area contributed by atoms with Gasteiger partial charge < -0.3 is 4.90 Å². The van der Waals surface area contributed by atoms with Gasteiger partial charge in [0.15, 0.2) is 0 Å². The van der Waals surface area contributed by atoms with Crippen LogP contribution in [0.5, 0.6) is 0 Å². The molecule has 0 atom stereocenters. The van der Waals surface area contributed by atoms with Gasteiger partial charge in [0.1, 0.15) is 5.01 Å². The van der Waals surface area contributed by atoms with Gasteiger partial charge >= 0.3 is 0 Å². The Morgan fingerprint density at radius 1 is 0.396 bits per heavy atom. The summed E-state index contributed by atoms with van der Waals surface area (Å²) in [4.78, 5) is 7.38. The van der Waals surface area contributed by atoms with E-state index in [4.69, 9.17) is 4.98 Å². The van der Waals surface area contributed by atoms with Crippen molar-refractivity contribution in [3.8, 4) is 21.7 Å². The third-order valence-corrected chi connectivity index (χ3v) is 12.5. The summed E-state index contributed by atoms with van der Waals surface area (Å²) < 4.78 is 6.50. The van der Waals surface area contributed by atoms with Crippen LogP contribution in [0.15, 0.2) is 158 Å². The molecule has 226 valence electrons. The first kappa shape index (κ1) is 27.8. The zero-order valence-electron chi connectivity index (χ0n) is 25.6. The summed E-state index contributed by atoms with van der Waals surface area (Å²) in [6.07, 6.45) is 0. The van der Waals surface area contributed by atoms with Crippen molar-refractivity contribution in [2.45, 2.75) is 0 Å². The normalized spacial score (nSPS) is 11.8. The number of hydrogen-bond acceptors (Lipinski definition) is 5. The monoisotopic (exact) mass is 666 g/mol. The van der Waals surface area contributed by atoms with Crippen molar-refractivity contribution in [3.63, 3.8) is 0 Å². The number of aromatic nitrogens is 1. The average Bonchev–Trinajstić information content (AvgIpc) is 3.85.